The average molecular weight is 435 g/mol. The zero-order valence-corrected chi connectivity index (χ0v) is 17.6. The third-order valence-electron chi connectivity index (χ3n) is 4.38. The fourth-order valence-electron chi connectivity index (χ4n) is 3.02. The lowest BCUT2D eigenvalue weighted by atomic mass is 10.1. The second-order valence-electron chi connectivity index (χ2n) is 7.99. The highest BCUT2D eigenvalue weighted by atomic mass is 16.6. The Balaban J connectivity index is 1.64. The third-order valence-corrected chi connectivity index (χ3v) is 4.38. The Bertz CT molecular complexity index is 878. The van der Waals surface area contributed by atoms with Crippen molar-refractivity contribution in [3.05, 3.63) is 12.7 Å². The Kier molecular flexibility index (Phi) is 6.71. The minimum Gasteiger partial charge on any atom is -0.444 e. The van der Waals surface area contributed by atoms with E-state index in [1.54, 1.807) is 25.7 Å². The number of nitrogens with one attached hydrogen (secondary N) is 1. The Morgan fingerprint density at radius 1 is 1.03 bits per heavy atom. The molecule has 0 aliphatic carbocycles. The zero-order valence-electron chi connectivity index (χ0n) is 17.6. The summed E-state index contributed by atoms with van der Waals surface area (Å²) < 4.78 is 8.04. The summed E-state index contributed by atoms with van der Waals surface area (Å²) in [6.07, 6.45) is 2.20. The van der Waals surface area contributed by atoms with Crippen LogP contribution in [-0.4, -0.2) is 106 Å². The molecule has 1 fully saturated rings. The van der Waals surface area contributed by atoms with Crippen LogP contribution in [0, 0.1) is 0 Å². The average Bonchev–Trinajstić information content (AvgIpc) is 3.39. The molecule has 0 spiro atoms. The molecule has 3 heterocycles. The van der Waals surface area contributed by atoms with Gasteiger partial charge in [0.25, 0.3) is 0 Å². The highest BCUT2D eigenvalue weighted by molar-refractivity contribution is 5.78. The number of nitrogens with zero attached hydrogens (tertiary/aromatic N) is 10. The second kappa shape index (κ2) is 9.44. The highest BCUT2D eigenvalue weighted by Crippen LogP contribution is 2.15. The molecule has 1 saturated heterocycles. The van der Waals surface area contributed by atoms with E-state index >= 15 is 0 Å². The zero-order chi connectivity index (χ0) is 22.4. The first kappa shape index (κ1) is 22.0. The normalized spacial score (nSPS) is 16.8. The summed E-state index contributed by atoms with van der Waals surface area (Å²) in [5, 5.41) is 24.1. The van der Waals surface area contributed by atoms with Crippen molar-refractivity contribution >= 4 is 17.9 Å². The number of amides is 3. The van der Waals surface area contributed by atoms with E-state index in [-0.39, 0.29) is 44.5 Å². The number of carbonyl (C=O) groups excluding carboxylic acids is 3. The van der Waals surface area contributed by atoms with Crippen molar-refractivity contribution in [1.29, 1.82) is 0 Å². The SMILES string of the molecule is CC(C)(C)OC(=O)N1CCN(C(=O)Cn2cnnn2)[C@@H](CNC(=O)Cn2cnnn2)C1. The molecule has 2 aromatic heterocycles. The minimum absolute atomic E-state index is 0.0471. The standard InChI is InChI=1S/C16H25N11O4/c1-16(2,3)31-15(30)24-4-5-27(14(29)9-26-11-19-21-23-26)12(7-24)6-17-13(28)8-25-10-18-20-22-25/h10-12H,4-9H2,1-3H3,(H,17,28)/t12-/m0/s1. The van der Waals surface area contributed by atoms with Gasteiger partial charge in [0.05, 0.1) is 6.04 Å². The molecule has 15 nitrogen and oxygen atoms in total. The van der Waals surface area contributed by atoms with Gasteiger partial charge in [0.1, 0.15) is 31.3 Å². The molecule has 3 rings (SSSR count). The molecule has 2 aromatic rings. The molecular weight excluding hydrogens is 410 g/mol. The molecule has 1 N–H and O–H groups in total. The van der Waals surface area contributed by atoms with Crippen LogP contribution in [0.2, 0.25) is 0 Å². The van der Waals surface area contributed by atoms with Gasteiger partial charge in [-0.2, -0.15) is 0 Å². The van der Waals surface area contributed by atoms with Crippen LogP contribution in [0.5, 0.6) is 0 Å². The van der Waals surface area contributed by atoms with Crippen LogP contribution in [-0.2, 0) is 27.4 Å². The summed E-state index contributed by atoms with van der Waals surface area (Å²) in [7, 11) is 0. The van der Waals surface area contributed by atoms with Gasteiger partial charge in [0.15, 0.2) is 0 Å². The summed E-state index contributed by atoms with van der Waals surface area (Å²) >= 11 is 0. The molecular formula is C16H25N11O4. The lowest BCUT2D eigenvalue weighted by Crippen LogP contribution is -2.60. The molecule has 0 saturated carbocycles. The Labute approximate surface area is 177 Å². The number of carbonyl (C=O) groups is 3. The number of hydrogen-bond donors (Lipinski definition) is 1. The van der Waals surface area contributed by atoms with Gasteiger partial charge in [-0.15, -0.1) is 10.2 Å². The van der Waals surface area contributed by atoms with E-state index in [0.29, 0.717) is 6.54 Å². The monoisotopic (exact) mass is 435 g/mol. The minimum atomic E-state index is -0.639. The van der Waals surface area contributed by atoms with Crippen molar-refractivity contribution in [2.24, 2.45) is 0 Å². The summed E-state index contributed by atoms with van der Waals surface area (Å²) in [6, 6.07) is -0.455. The van der Waals surface area contributed by atoms with Crippen molar-refractivity contribution < 1.29 is 19.1 Å². The number of ether oxygens (including phenoxy) is 1. The molecule has 1 aliphatic heterocycles. The van der Waals surface area contributed by atoms with Crippen LogP contribution in [0.1, 0.15) is 20.8 Å². The molecule has 0 radical (unpaired) electrons. The van der Waals surface area contributed by atoms with Gasteiger partial charge in [0.2, 0.25) is 11.8 Å². The van der Waals surface area contributed by atoms with E-state index in [2.05, 4.69) is 36.4 Å². The lowest BCUT2D eigenvalue weighted by Gasteiger charge is -2.41. The van der Waals surface area contributed by atoms with Crippen LogP contribution in [0.15, 0.2) is 12.7 Å². The van der Waals surface area contributed by atoms with Crippen molar-refractivity contribution in [3.63, 3.8) is 0 Å². The first-order chi connectivity index (χ1) is 14.7. The molecule has 0 unspecified atom stereocenters. The number of hydrogen-bond acceptors (Lipinski definition) is 10. The number of aromatic nitrogens is 8. The highest BCUT2D eigenvalue weighted by Gasteiger charge is 2.34. The number of rotatable bonds is 6. The van der Waals surface area contributed by atoms with Crippen molar-refractivity contribution in [1.82, 2.24) is 55.5 Å². The van der Waals surface area contributed by atoms with Gasteiger partial charge >= 0.3 is 6.09 Å². The first-order valence-corrected chi connectivity index (χ1v) is 9.67. The molecule has 1 atom stereocenters. The summed E-state index contributed by atoms with van der Waals surface area (Å²) in [4.78, 5) is 40.7. The van der Waals surface area contributed by atoms with E-state index in [0.717, 1.165) is 0 Å². The van der Waals surface area contributed by atoms with Gasteiger partial charge in [-0.1, -0.05) is 0 Å². The van der Waals surface area contributed by atoms with Gasteiger partial charge in [-0.3, -0.25) is 9.59 Å². The summed E-state index contributed by atoms with van der Waals surface area (Å²) in [5.74, 6) is -0.551. The molecule has 0 aromatic carbocycles. The maximum atomic E-state index is 12.8. The van der Waals surface area contributed by atoms with Crippen molar-refractivity contribution in [3.8, 4) is 0 Å². The molecule has 0 bridgehead atoms. The first-order valence-electron chi connectivity index (χ1n) is 9.67. The van der Waals surface area contributed by atoms with Crippen molar-refractivity contribution in [2.45, 2.75) is 45.5 Å². The van der Waals surface area contributed by atoms with Crippen LogP contribution in [0.25, 0.3) is 0 Å². The molecule has 31 heavy (non-hydrogen) atoms. The van der Waals surface area contributed by atoms with Gasteiger partial charge < -0.3 is 19.9 Å². The second-order valence-corrected chi connectivity index (χ2v) is 7.99. The fourth-order valence-corrected chi connectivity index (χ4v) is 3.02. The van der Waals surface area contributed by atoms with E-state index < -0.39 is 17.7 Å². The smallest absolute Gasteiger partial charge is 0.410 e. The van der Waals surface area contributed by atoms with Gasteiger partial charge in [-0.25, -0.2) is 14.2 Å². The number of tetrazole rings is 2. The summed E-state index contributed by atoms with van der Waals surface area (Å²) in [6.45, 7) is 6.19. The van der Waals surface area contributed by atoms with Crippen LogP contribution in [0.4, 0.5) is 4.79 Å². The van der Waals surface area contributed by atoms with E-state index in [1.165, 1.54) is 26.9 Å². The maximum absolute atomic E-state index is 12.8. The predicted molar refractivity (Wildman–Crippen MR) is 102 cm³/mol. The van der Waals surface area contributed by atoms with Crippen LogP contribution < -0.4 is 5.32 Å². The largest absolute Gasteiger partial charge is 0.444 e. The third kappa shape index (κ3) is 6.42. The number of piperazine rings is 1. The van der Waals surface area contributed by atoms with Crippen molar-refractivity contribution in [2.75, 3.05) is 26.2 Å². The molecule has 1 aliphatic rings. The lowest BCUT2D eigenvalue weighted by molar-refractivity contribution is -0.137. The maximum Gasteiger partial charge on any atom is 0.410 e. The topological polar surface area (TPSA) is 166 Å². The molecule has 168 valence electrons. The Morgan fingerprint density at radius 2 is 1.68 bits per heavy atom. The molecule has 15 heteroatoms. The fraction of sp³-hybridized carbons (Fsp3) is 0.688. The summed E-state index contributed by atoms with van der Waals surface area (Å²) in [5.41, 5.74) is -0.639. The van der Waals surface area contributed by atoms with Gasteiger partial charge in [0, 0.05) is 26.2 Å². The Morgan fingerprint density at radius 3 is 2.26 bits per heavy atom. The Hall–Kier alpha value is -3.65. The van der Waals surface area contributed by atoms with E-state index in [9.17, 15) is 14.4 Å². The predicted octanol–water partition coefficient (Wildman–Crippen LogP) is -2.08. The quantitative estimate of drug-likeness (QED) is 0.532. The van der Waals surface area contributed by atoms with E-state index in [1.807, 2.05) is 0 Å². The van der Waals surface area contributed by atoms with Gasteiger partial charge in [-0.05, 0) is 41.6 Å². The molecule has 3 amide bonds. The van der Waals surface area contributed by atoms with Crippen LogP contribution >= 0.6 is 0 Å². The van der Waals surface area contributed by atoms with Crippen LogP contribution in [0.3, 0.4) is 0 Å². The van der Waals surface area contributed by atoms with E-state index in [4.69, 9.17) is 4.74 Å².